The van der Waals surface area contributed by atoms with Crippen LogP contribution in [0.5, 0.6) is 0 Å². The van der Waals surface area contributed by atoms with Gasteiger partial charge >= 0.3 is 0 Å². The normalized spacial score (nSPS) is 16.5. The molecule has 0 bridgehead atoms. The van der Waals surface area contributed by atoms with Crippen molar-refractivity contribution >= 4 is 17.3 Å². The number of benzene rings is 1. The second-order valence-electron chi connectivity index (χ2n) is 4.60. The van der Waals surface area contributed by atoms with Crippen LogP contribution in [0.4, 0.5) is 0 Å². The van der Waals surface area contributed by atoms with Crippen LogP contribution < -0.4 is 5.32 Å². The van der Waals surface area contributed by atoms with Crippen molar-refractivity contribution in [3.05, 3.63) is 41.0 Å². The van der Waals surface area contributed by atoms with Crippen molar-refractivity contribution < 1.29 is 14.7 Å². The number of aliphatic hydroxyl groups excluding tert-OH is 1. The number of likely N-dealkylation sites (N-methyl/N-ethyl adjacent to an activating group) is 1. The molecule has 1 aliphatic carbocycles. The Balaban J connectivity index is 2.59. The zero-order valence-corrected chi connectivity index (χ0v) is 11.1. The molecule has 19 heavy (non-hydrogen) atoms. The molecule has 1 aromatic carbocycles. The summed E-state index contributed by atoms with van der Waals surface area (Å²) in [5, 5.41) is 13.3. The molecule has 2 N–H and O–H groups in total. The zero-order valence-electron chi connectivity index (χ0n) is 11.1. The molecule has 0 spiro atoms. The molecular weight excluding hydrogens is 242 g/mol. The van der Waals surface area contributed by atoms with Crippen molar-refractivity contribution in [2.45, 2.75) is 25.8 Å². The van der Waals surface area contributed by atoms with Gasteiger partial charge in [-0.05, 0) is 13.5 Å². The summed E-state index contributed by atoms with van der Waals surface area (Å²) >= 11 is 0. The standard InChI is InChI=1S/C15H17NO3/c1-3-6-11(16-2)12-13(17)9-7-4-5-8-10(9)14(18)15(12)19/h4-5,7-8,11,16-17H,3,6H2,1-2H3. The number of Topliss-reactive ketones (excluding diaryl/α,β-unsaturated/α-hetero) is 2. The van der Waals surface area contributed by atoms with Gasteiger partial charge < -0.3 is 10.4 Å². The average Bonchev–Trinajstić information content (AvgIpc) is 2.44. The minimum atomic E-state index is -0.607. The molecule has 1 aromatic rings. The predicted molar refractivity (Wildman–Crippen MR) is 73.1 cm³/mol. The summed E-state index contributed by atoms with van der Waals surface area (Å²) in [7, 11) is 1.72. The minimum Gasteiger partial charge on any atom is -0.507 e. The number of nitrogens with one attached hydrogen (secondary N) is 1. The molecule has 2 rings (SSSR count). The summed E-state index contributed by atoms with van der Waals surface area (Å²) in [6, 6.07) is 6.35. The van der Waals surface area contributed by atoms with Crippen LogP contribution in [0, 0.1) is 0 Å². The number of fused-ring (bicyclic) bond motifs is 1. The van der Waals surface area contributed by atoms with E-state index in [1.807, 2.05) is 6.92 Å². The first kappa shape index (κ1) is 13.5. The highest BCUT2D eigenvalue weighted by Gasteiger charge is 2.35. The molecule has 4 heteroatoms. The van der Waals surface area contributed by atoms with Gasteiger partial charge in [0.05, 0.1) is 5.57 Å². The summed E-state index contributed by atoms with van der Waals surface area (Å²) < 4.78 is 0. The van der Waals surface area contributed by atoms with E-state index < -0.39 is 11.6 Å². The highest BCUT2D eigenvalue weighted by Crippen LogP contribution is 2.30. The molecule has 1 unspecified atom stereocenters. The summed E-state index contributed by atoms with van der Waals surface area (Å²) in [5.74, 6) is -1.23. The Labute approximate surface area is 112 Å². The Bertz CT molecular complexity index is 560. The zero-order chi connectivity index (χ0) is 14.0. The molecule has 0 amide bonds. The maximum Gasteiger partial charge on any atom is 0.234 e. The SMILES string of the molecule is CCCC(NC)C1=C(O)c2ccccc2C(=O)C1=O. The van der Waals surface area contributed by atoms with E-state index in [0.717, 1.165) is 6.42 Å². The molecule has 1 aliphatic rings. The van der Waals surface area contributed by atoms with E-state index >= 15 is 0 Å². The van der Waals surface area contributed by atoms with E-state index in [4.69, 9.17) is 0 Å². The first-order chi connectivity index (χ1) is 9.11. The van der Waals surface area contributed by atoms with E-state index in [-0.39, 0.29) is 22.9 Å². The number of carbonyl (C=O) groups is 2. The van der Waals surface area contributed by atoms with E-state index in [2.05, 4.69) is 5.32 Å². The van der Waals surface area contributed by atoms with Gasteiger partial charge in [0.2, 0.25) is 11.6 Å². The van der Waals surface area contributed by atoms with Crippen LogP contribution in [0.3, 0.4) is 0 Å². The third kappa shape index (κ3) is 2.19. The van der Waals surface area contributed by atoms with Gasteiger partial charge in [0.25, 0.3) is 0 Å². The molecule has 0 aliphatic heterocycles. The lowest BCUT2D eigenvalue weighted by molar-refractivity contribution is -0.112. The summed E-state index contributed by atoms with van der Waals surface area (Å²) in [6.07, 6.45) is 1.54. The Morgan fingerprint density at radius 1 is 1.16 bits per heavy atom. The van der Waals surface area contributed by atoms with Crippen LogP contribution in [0.2, 0.25) is 0 Å². The first-order valence-electron chi connectivity index (χ1n) is 6.40. The second-order valence-corrected chi connectivity index (χ2v) is 4.60. The van der Waals surface area contributed by atoms with Crippen molar-refractivity contribution in [1.82, 2.24) is 5.32 Å². The number of ketones is 2. The third-order valence-electron chi connectivity index (χ3n) is 3.41. The second kappa shape index (κ2) is 5.36. The fourth-order valence-electron chi connectivity index (χ4n) is 2.43. The van der Waals surface area contributed by atoms with E-state index in [0.29, 0.717) is 12.0 Å². The predicted octanol–water partition coefficient (Wildman–Crippen LogP) is 2.11. The quantitative estimate of drug-likeness (QED) is 0.813. The van der Waals surface area contributed by atoms with E-state index in [1.54, 1.807) is 31.3 Å². The van der Waals surface area contributed by atoms with Gasteiger partial charge in [-0.15, -0.1) is 0 Å². The monoisotopic (exact) mass is 259 g/mol. The van der Waals surface area contributed by atoms with Gasteiger partial charge in [0, 0.05) is 17.2 Å². The minimum absolute atomic E-state index is 0.0759. The van der Waals surface area contributed by atoms with Crippen molar-refractivity contribution in [3.8, 4) is 0 Å². The van der Waals surface area contributed by atoms with Gasteiger partial charge in [0.1, 0.15) is 5.76 Å². The van der Waals surface area contributed by atoms with Gasteiger partial charge in [-0.25, -0.2) is 0 Å². The lowest BCUT2D eigenvalue weighted by atomic mass is 9.84. The fraction of sp³-hybridized carbons (Fsp3) is 0.333. The van der Waals surface area contributed by atoms with Crippen LogP contribution in [-0.2, 0) is 4.79 Å². The molecule has 4 nitrogen and oxygen atoms in total. The average molecular weight is 259 g/mol. The van der Waals surface area contributed by atoms with Crippen LogP contribution in [0.1, 0.15) is 35.7 Å². The summed E-state index contributed by atoms with van der Waals surface area (Å²) in [5.41, 5.74) is 0.909. The highest BCUT2D eigenvalue weighted by molar-refractivity contribution is 6.52. The fourth-order valence-corrected chi connectivity index (χ4v) is 2.43. The van der Waals surface area contributed by atoms with Crippen LogP contribution in [-0.4, -0.2) is 29.8 Å². The van der Waals surface area contributed by atoms with Crippen molar-refractivity contribution in [2.75, 3.05) is 7.05 Å². The Morgan fingerprint density at radius 2 is 1.79 bits per heavy atom. The van der Waals surface area contributed by atoms with Crippen LogP contribution in [0.15, 0.2) is 29.8 Å². The number of carbonyl (C=O) groups excluding carboxylic acids is 2. The van der Waals surface area contributed by atoms with Crippen molar-refractivity contribution in [1.29, 1.82) is 0 Å². The summed E-state index contributed by atoms with van der Waals surface area (Å²) in [6.45, 7) is 1.99. The molecule has 0 fully saturated rings. The van der Waals surface area contributed by atoms with Crippen molar-refractivity contribution in [2.24, 2.45) is 0 Å². The first-order valence-corrected chi connectivity index (χ1v) is 6.40. The maximum absolute atomic E-state index is 12.2. The third-order valence-corrected chi connectivity index (χ3v) is 3.41. The van der Waals surface area contributed by atoms with Gasteiger partial charge in [-0.2, -0.15) is 0 Å². The van der Waals surface area contributed by atoms with Crippen LogP contribution >= 0.6 is 0 Å². The molecule has 0 aromatic heterocycles. The lowest BCUT2D eigenvalue weighted by Crippen LogP contribution is -2.37. The van der Waals surface area contributed by atoms with E-state index in [9.17, 15) is 14.7 Å². The summed E-state index contributed by atoms with van der Waals surface area (Å²) in [4.78, 5) is 24.2. The largest absolute Gasteiger partial charge is 0.507 e. The molecule has 0 heterocycles. The molecule has 0 radical (unpaired) electrons. The molecule has 0 saturated carbocycles. The van der Waals surface area contributed by atoms with Gasteiger partial charge in [0.15, 0.2) is 0 Å². The molecule has 0 saturated heterocycles. The smallest absolute Gasteiger partial charge is 0.234 e. The number of rotatable bonds is 4. The van der Waals surface area contributed by atoms with Gasteiger partial charge in [-0.3, -0.25) is 9.59 Å². The topological polar surface area (TPSA) is 66.4 Å². The number of hydrogen-bond acceptors (Lipinski definition) is 4. The molecular formula is C15H17NO3. The number of hydrogen-bond donors (Lipinski definition) is 2. The van der Waals surface area contributed by atoms with Crippen LogP contribution in [0.25, 0.3) is 5.76 Å². The van der Waals surface area contributed by atoms with E-state index in [1.165, 1.54) is 0 Å². The Hall–Kier alpha value is -1.94. The highest BCUT2D eigenvalue weighted by atomic mass is 16.3. The molecule has 1 atom stereocenters. The Morgan fingerprint density at radius 3 is 2.37 bits per heavy atom. The number of aliphatic hydroxyl groups is 1. The van der Waals surface area contributed by atoms with Crippen molar-refractivity contribution in [3.63, 3.8) is 0 Å². The lowest BCUT2D eigenvalue weighted by Gasteiger charge is -2.23. The maximum atomic E-state index is 12.2. The van der Waals surface area contributed by atoms with Gasteiger partial charge in [-0.1, -0.05) is 37.6 Å². The molecule has 100 valence electrons. The Kier molecular flexibility index (Phi) is 3.81.